The summed E-state index contributed by atoms with van der Waals surface area (Å²) in [5.41, 5.74) is 6.76. The van der Waals surface area contributed by atoms with Gasteiger partial charge in [-0.1, -0.05) is 12.1 Å². The van der Waals surface area contributed by atoms with E-state index in [0.29, 0.717) is 5.69 Å². The molecule has 0 bridgehead atoms. The van der Waals surface area contributed by atoms with E-state index in [1.807, 2.05) is 18.2 Å². The van der Waals surface area contributed by atoms with Gasteiger partial charge in [-0.05, 0) is 12.1 Å². The van der Waals surface area contributed by atoms with Gasteiger partial charge in [0.2, 0.25) is 0 Å². The van der Waals surface area contributed by atoms with Gasteiger partial charge in [0.15, 0.2) is 0 Å². The van der Waals surface area contributed by atoms with Crippen LogP contribution in [0, 0.1) is 0 Å². The van der Waals surface area contributed by atoms with E-state index in [-0.39, 0.29) is 11.4 Å². The minimum Gasteiger partial charge on any atom is -0.394 e. The number of nitrogen functional groups attached to an aromatic ring is 1. The maximum Gasteiger partial charge on any atom is 0.253 e. The smallest absolute Gasteiger partial charge is 0.253 e. The summed E-state index contributed by atoms with van der Waals surface area (Å²) in [5, 5.41) is 2.86. The third-order valence-electron chi connectivity index (χ3n) is 2.87. The van der Waals surface area contributed by atoms with E-state index >= 15 is 0 Å². The van der Waals surface area contributed by atoms with Gasteiger partial charge < -0.3 is 16.0 Å². The number of rotatable bonds is 3. The minimum absolute atomic E-state index is 0.0184. The van der Waals surface area contributed by atoms with E-state index in [9.17, 15) is 9.59 Å². The van der Waals surface area contributed by atoms with Crippen molar-refractivity contribution < 1.29 is 0 Å². The Bertz CT molecular complexity index is 798. The Labute approximate surface area is 107 Å². The van der Waals surface area contributed by atoms with E-state index in [4.69, 9.17) is 5.73 Å². The first kappa shape index (κ1) is 11.2. The molecule has 0 atom stereocenters. The molecule has 0 aliphatic rings. The zero-order chi connectivity index (χ0) is 13.4. The highest BCUT2D eigenvalue weighted by molar-refractivity contribution is 5.78. The summed E-state index contributed by atoms with van der Waals surface area (Å²) < 4.78 is 0. The molecule has 94 valence electrons. The zero-order valence-corrected chi connectivity index (χ0v) is 9.81. The van der Waals surface area contributed by atoms with Crippen molar-refractivity contribution in [3.05, 3.63) is 57.2 Å². The van der Waals surface area contributed by atoms with Crippen LogP contribution < -0.4 is 21.9 Å². The molecular weight excluding hydrogens is 244 g/mol. The highest BCUT2D eigenvalue weighted by atomic mass is 16.2. The highest BCUT2D eigenvalue weighted by Gasteiger charge is 2.17. The fourth-order valence-corrected chi connectivity index (χ4v) is 1.85. The van der Waals surface area contributed by atoms with Crippen molar-refractivity contribution in [2.24, 2.45) is 0 Å². The van der Waals surface area contributed by atoms with Crippen LogP contribution in [-0.2, 0) is 0 Å². The molecule has 0 unspecified atom stereocenters. The third-order valence-corrected chi connectivity index (χ3v) is 2.87. The number of benzene rings is 1. The van der Waals surface area contributed by atoms with Crippen molar-refractivity contribution in [1.82, 2.24) is 9.97 Å². The van der Waals surface area contributed by atoms with Crippen LogP contribution in [0.25, 0.3) is 11.3 Å². The fraction of sp³-hybridized carbons (Fsp3) is 0. The molecule has 4 N–H and O–H groups in total. The summed E-state index contributed by atoms with van der Waals surface area (Å²) >= 11 is 0. The second-order valence-electron chi connectivity index (χ2n) is 4.11. The topological polar surface area (TPSA) is 101 Å². The van der Waals surface area contributed by atoms with Gasteiger partial charge in [-0.2, -0.15) is 0 Å². The highest BCUT2D eigenvalue weighted by Crippen LogP contribution is 2.23. The number of nitrogens with two attached hydrogens (primary N) is 1. The van der Waals surface area contributed by atoms with Gasteiger partial charge in [0, 0.05) is 17.4 Å². The molecule has 6 heteroatoms. The van der Waals surface area contributed by atoms with Crippen LogP contribution in [0.3, 0.4) is 0 Å². The SMILES string of the molecule is Nc1c(Nc2cccc(-c3c[nH]cn3)c2)c(=O)c1=O. The van der Waals surface area contributed by atoms with Crippen LogP contribution in [0.4, 0.5) is 17.1 Å². The minimum atomic E-state index is -0.633. The maximum absolute atomic E-state index is 11.3. The Morgan fingerprint density at radius 3 is 2.74 bits per heavy atom. The molecule has 0 saturated heterocycles. The van der Waals surface area contributed by atoms with Gasteiger partial charge in [0.25, 0.3) is 10.9 Å². The van der Waals surface area contributed by atoms with Gasteiger partial charge in [-0.15, -0.1) is 0 Å². The lowest BCUT2D eigenvalue weighted by Gasteiger charge is -2.10. The van der Waals surface area contributed by atoms with Gasteiger partial charge >= 0.3 is 0 Å². The molecule has 0 amide bonds. The van der Waals surface area contributed by atoms with Crippen LogP contribution in [-0.4, -0.2) is 9.97 Å². The van der Waals surface area contributed by atoms with Crippen molar-refractivity contribution in [3.8, 4) is 11.3 Å². The fourth-order valence-electron chi connectivity index (χ4n) is 1.85. The van der Waals surface area contributed by atoms with Crippen molar-refractivity contribution in [2.45, 2.75) is 0 Å². The maximum atomic E-state index is 11.3. The molecule has 0 saturated carbocycles. The number of H-pyrrole nitrogens is 1. The van der Waals surface area contributed by atoms with Gasteiger partial charge in [-0.3, -0.25) is 9.59 Å². The van der Waals surface area contributed by atoms with Gasteiger partial charge in [-0.25, -0.2) is 4.98 Å². The Morgan fingerprint density at radius 1 is 1.21 bits per heavy atom. The molecule has 19 heavy (non-hydrogen) atoms. The Kier molecular flexibility index (Phi) is 2.42. The second kappa shape index (κ2) is 4.09. The van der Waals surface area contributed by atoms with Gasteiger partial charge in [0.05, 0.1) is 12.0 Å². The van der Waals surface area contributed by atoms with Crippen molar-refractivity contribution in [2.75, 3.05) is 11.1 Å². The van der Waals surface area contributed by atoms with Crippen molar-refractivity contribution >= 4 is 17.1 Å². The monoisotopic (exact) mass is 254 g/mol. The molecule has 2 aromatic carbocycles. The summed E-state index contributed by atoms with van der Waals surface area (Å²) in [4.78, 5) is 29.4. The number of nitrogens with one attached hydrogen (secondary N) is 2. The molecule has 3 rings (SSSR count). The predicted octanol–water partition coefficient (Wildman–Crippen LogP) is 0.998. The summed E-state index contributed by atoms with van der Waals surface area (Å²) in [5.74, 6) is 0. The first-order chi connectivity index (χ1) is 9.16. The van der Waals surface area contributed by atoms with E-state index < -0.39 is 10.9 Å². The normalized spacial score (nSPS) is 10.7. The third kappa shape index (κ3) is 1.79. The largest absolute Gasteiger partial charge is 0.394 e. The van der Waals surface area contributed by atoms with E-state index in [1.54, 1.807) is 18.6 Å². The molecule has 0 spiro atoms. The molecule has 1 heterocycles. The van der Waals surface area contributed by atoms with Crippen LogP contribution in [0.1, 0.15) is 0 Å². The summed E-state index contributed by atoms with van der Waals surface area (Å²) in [6.07, 6.45) is 3.36. The van der Waals surface area contributed by atoms with Crippen LogP contribution in [0.5, 0.6) is 0 Å². The molecule has 3 aromatic rings. The molecule has 0 fully saturated rings. The van der Waals surface area contributed by atoms with Crippen molar-refractivity contribution in [1.29, 1.82) is 0 Å². The lowest BCUT2D eigenvalue weighted by Crippen LogP contribution is -2.36. The van der Waals surface area contributed by atoms with Crippen LogP contribution in [0.15, 0.2) is 46.4 Å². The molecule has 1 aromatic heterocycles. The van der Waals surface area contributed by atoms with E-state index in [0.717, 1.165) is 11.3 Å². The number of nitrogens with zero attached hydrogens (tertiary/aromatic N) is 1. The lowest BCUT2D eigenvalue weighted by molar-refractivity contribution is 1.31. The number of anilines is 3. The molecule has 6 nitrogen and oxygen atoms in total. The number of aromatic amines is 1. The predicted molar refractivity (Wildman–Crippen MR) is 73.1 cm³/mol. The summed E-state index contributed by atoms with van der Waals surface area (Å²) in [6, 6.07) is 7.33. The Hall–Kier alpha value is -2.89. The second-order valence-corrected chi connectivity index (χ2v) is 4.11. The van der Waals surface area contributed by atoms with E-state index in [1.165, 1.54) is 0 Å². The van der Waals surface area contributed by atoms with Gasteiger partial charge in [0.1, 0.15) is 11.4 Å². The molecule has 0 aliphatic heterocycles. The first-order valence-electron chi connectivity index (χ1n) is 5.62. The number of imidazole rings is 1. The van der Waals surface area contributed by atoms with Crippen molar-refractivity contribution in [3.63, 3.8) is 0 Å². The summed E-state index contributed by atoms with van der Waals surface area (Å²) in [6.45, 7) is 0. The summed E-state index contributed by atoms with van der Waals surface area (Å²) in [7, 11) is 0. The van der Waals surface area contributed by atoms with Crippen LogP contribution in [0.2, 0.25) is 0 Å². The Balaban J connectivity index is 1.93. The first-order valence-corrected chi connectivity index (χ1v) is 5.62. The average molecular weight is 254 g/mol. The zero-order valence-electron chi connectivity index (χ0n) is 9.81. The number of aromatic nitrogens is 2. The number of hydrogen-bond acceptors (Lipinski definition) is 5. The van der Waals surface area contributed by atoms with Crippen LogP contribution >= 0.6 is 0 Å². The molecule has 0 radical (unpaired) electrons. The average Bonchev–Trinajstić information content (AvgIpc) is 2.98. The number of hydrogen-bond donors (Lipinski definition) is 3. The van der Waals surface area contributed by atoms with E-state index in [2.05, 4.69) is 15.3 Å². The Morgan fingerprint density at radius 2 is 2.05 bits per heavy atom. The lowest BCUT2D eigenvalue weighted by atomic mass is 10.1. The molecular formula is C13H10N4O2. The molecule has 0 aliphatic carbocycles. The quantitative estimate of drug-likeness (QED) is 0.605. The standard InChI is InChI=1S/C13H10N4O2/c14-10-11(13(19)12(10)18)17-8-3-1-2-7(4-8)9-5-15-6-16-9/h1-6,17H,14H2,(H,15,16).